The number of aromatic nitrogens is 1. The van der Waals surface area contributed by atoms with Gasteiger partial charge in [-0.15, -0.1) is 0 Å². The van der Waals surface area contributed by atoms with Gasteiger partial charge in [-0.05, 0) is 66.4 Å². The molecule has 176 valence electrons. The van der Waals surface area contributed by atoms with E-state index in [4.69, 9.17) is 4.42 Å². The van der Waals surface area contributed by atoms with Crippen LogP contribution in [0.25, 0.3) is 10.9 Å². The molecule has 0 aliphatic rings. The zero-order valence-corrected chi connectivity index (χ0v) is 20.0. The van der Waals surface area contributed by atoms with Gasteiger partial charge in [0.2, 0.25) is 5.91 Å². The quantitative estimate of drug-likeness (QED) is 0.665. The van der Waals surface area contributed by atoms with E-state index in [-0.39, 0.29) is 17.3 Å². The van der Waals surface area contributed by atoms with Crippen LogP contribution in [-0.4, -0.2) is 77.7 Å². The number of aryl methyl sites for hydroxylation is 1. The summed E-state index contributed by atoms with van der Waals surface area (Å²) in [4.78, 5) is 46.3. The molecule has 2 rings (SSSR count). The highest BCUT2D eigenvalue weighted by molar-refractivity contribution is 5.94. The van der Waals surface area contributed by atoms with Crippen LogP contribution in [0.2, 0.25) is 0 Å². The van der Waals surface area contributed by atoms with Crippen molar-refractivity contribution in [3.63, 3.8) is 0 Å². The lowest BCUT2D eigenvalue weighted by molar-refractivity contribution is -0.130. The first kappa shape index (κ1) is 25.1. The van der Waals surface area contributed by atoms with Crippen LogP contribution in [0, 0.1) is 6.92 Å². The van der Waals surface area contributed by atoms with E-state index in [1.165, 1.54) is 4.90 Å². The lowest BCUT2D eigenvalue weighted by Crippen LogP contribution is -2.45. The van der Waals surface area contributed by atoms with E-state index in [1.807, 2.05) is 19.0 Å². The molecule has 1 aromatic carbocycles. The summed E-state index contributed by atoms with van der Waals surface area (Å²) in [5, 5.41) is 12.8. The molecule has 0 bridgehead atoms. The standard InChI is InChI=1S/C22H33N5O5/c1-13-16(27(21(30)31)22(3,4)5)10-9-15-17(13)19(29)32-20(24-15)23-14(2)18(28)26(8)12-11-25(6)7/h9-10,14H,11-12H2,1-8H3,(H,23,24)(H,30,31)/t14-/m0/s1. The lowest BCUT2D eigenvalue weighted by atomic mass is 10.0. The minimum Gasteiger partial charge on any atom is -0.465 e. The summed E-state index contributed by atoms with van der Waals surface area (Å²) in [7, 11) is 5.57. The first-order valence-corrected chi connectivity index (χ1v) is 10.4. The van der Waals surface area contributed by atoms with Crippen molar-refractivity contribution in [3.8, 4) is 0 Å². The number of rotatable bonds is 7. The maximum atomic E-state index is 12.8. The summed E-state index contributed by atoms with van der Waals surface area (Å²) < 4.78 is 5.33. The molecular formula is C22H33N5O5. The SMILES string of the molecule is Cc1c(N(C(=O)O)C(C)(C)C)ccc2nc(N[C@@H](C)C(=O)N(C)CCN(C)C)oc(=O)c12. The van der Waals surface area contributed by atoms with Gasteiger partial charge >= 0.3 is 11.7 Å². The molecule has 0 saturated heterocycles. The first-order chi connectivity index (χ1) is 14.7. The number of carbonyl (C=O) groups excluding carboxylic acids is 1. The maximum Gasteiger partial charge on any atom is 0.412 e. The minimum atomic E-state index is -1.12. The van der Waals surface area contributed by atoms with E-state index in [2.05, 4.69) is 10.3 Å². The van der Waals surface area contributed by atoms with Crippen LogP contribution in [0.3, 0.4) is 0 Å². The van der Waals surface area contributed by atoms with Crippen molar-refractivity contribution in [1.82, 2.24) is 14.8 Å². The second-order valence-corrected chi connectivity index (χ2v) is 9.13. The van der Waals surface area contributed by atoms with E-state index in [0.717, 1.165) is 6.54 Å². The van der Waals surface area contributed by atoms with Gasteiger partial charge in [0.1, 0.15) is 6.04 Å². The Morgan fingerprint density at radius 3 is 2.34 bits per heavy atom. The molecule has 32 heavy (non-hydrogen) atoms. The number of hydrogen-bond donors (Lipinski definition) is 2. The summed E-state index contributed by atoms with van der Waals surface area (Å²) in [5.41, 5.74) is -0.173. The third-order valence-electron chi connectivity index (χ3n) is 5.10. The molecule has 1 heterocycles. The van der Waals surface area contributed by atoms with Crippen LogP contribution < -0.4 is 15.8 Å². The number of hydrogen-bond acceptors (Lipinski definition) is 7. The van der Waals surface area contributed by atoms with Gasteiger partial charge in [0.15, 0.2) is 0 Å². The molecule has 1 aromatic heterocycles. The summed E-state index contributed by atoms with van der Waals surface area (Å²) >= 11 is 0. The average molecular weight is 448 g/mol. The Labute approximate surface area is 187 Å². The number of carbonyl (C=O) groups is 2. The van der Waals surface area contributed by atoms with Gasteiger partial charge in [-0.3, -0.25) is 9.69 Å². The molecule has 1 atom stereocenters. The Bertz CT molecular complexity index is 1060. The van der Waals surface area contributed by atoms with Crippen LogP contribution in [0.15, 0.2) is 21.3 Å². The van der Waals surface area contributed by atoms with Crippen molar-refractivity contribution in [3.05, 3.63) is 28.1 Å². The molecule has 0 saturated carbocycles. The molecule has 0 aliphatic carbocycles. The Hall–Kier alpha value is -3.14. The first-order valence-electron chi connectivity index (χ1n) is 10.4. The number of nitrogens with zero attached hydrogens (tertiary/aromatic N) is 4. The Balaban J connectivity index is 2.36. The molecule has 2 N–H and O–H groups in total. The van der Waals surface area contributed by atoms with Gasteiger partial charge in [-0.1, -0.05) is 0 Å². The Morgan fingerprint density at radius 2 is 1.81 bits per heavy atom. The van der Waals surface area contributed by atoms with Crippen LogP contribution >= 0.6 is 0 Å². The second-order valence-electron chi connectivity index (χ2n) is 9.13. The van der Waals surface area contributed by atoms with Gasteiger partial charge in [0.05, 0.1) is 16.6 Å². The molecule has 10 heteroatoms. The normalized spacial score (nSPS) is 12.7. The number of carboxylic acid groups (broad SMARTS) is 1. The molecule has 0 radical (unpaired) electrons. The van der Waals surface area contributed by atoms with Gasteiger partial charge in [0, 0.05) is 25.7 Å². The van der Waals surface area contributed by atoms with Crippen LogP contribution in [0.1, 0.15) is 33.3 Å². The summed E-state index contributed by atoms with van der Waals surface area (Å²) in [6.45, 7) is 9.93. The van der Waals surface area contributed by atoms with Crippen molar-refractivity contribution in [2.45, 2.75) is 46.2 Å². The molecular weight excluding hydrogens is 414 g/mol. The number of amides is 2. The molecule has 0 spiro atoms. The van der Waals surface area contributed by atoms with Crippen molar-refractivity contribution in [2.75, 3.05) is 44.4 Å². The Morgan fingerprint density at radius 1 is 1.19 bits per heavy atom. The fourth-order valence-corrected chi connectivity index (χ4v) is 3.40. The third kappa shape index (κ3) is 5.56. The van der Waals surface area contributed by atoms with E-state index < -0.39 is 23.3 Å². The molecule has 2 amide bonds. The number of fused-ring (bicyclic) bond motifs is 1. The monoisotopic (exact) mass is 447 g/mol. The fraction of sp³-hybridized carbons (Fsp3) is 0.545. The molecule has 0 aliphatic heterocycles. The number of likely N-dealkylation sites (N-methyl/N-ethyl adjacent to an activating group) is 2. The highest BCUT2D eigenvalue weighted by Crippen LogP contribution is 2.31. The second kappa shape index (κ2) is 9.56. The van der Waals surface area contributed by atoms with Gasteiger partial charge < -0.3 is 24.6 Å². The predicted octanol–water partition coefficient (Wildman–Crippen LogP) is 2.60. The van der Waals surface area contributed by atoms with Crippen molar-refractivity contribution in [2.24, 2.45) is 0 Å². The highest BCUT2D eigenvalue weighted by Gasteiger charge is 2.30. The highest BCUT2D eigenvalue weighted by atomic mass is 16.4. The minimum absolute atomic E-state index is 0.0672. The van der Waals surface area contributed by atoms with Crippen molar-refractivity contribution in [1.29, 1.82) is 0 Å². The number of benzene rings is 1. The molecule has 0 fully saturated rings. The molecule has 10 nitrogen and oxygen atoms in total. The van der Waals surface area contributed by atoms with E-state index in [0.29, 0.717) is 23.3 Å². The van der Waals surface area contributed by atoms with E-state index in [1.54, 1.807) is 58.7 Å². The van der Waals surface area contributed by atoms with Crippen molar-refractivity contribution < 1.29 is 19.1 Å². The Kier molecular flexibility index (Phi) is 7.50. The summed E-state index contributed by atoms with van der Waals surface area (Å²) in [6.07, 6.45) is -1.12. The molecule has 0 unspecified atom stereocenters. The maximum absolute atomic E-state index is 12.8. The summed E-state index contributed by atoms with van der Waals surface area (Å²) in [6, 6.07) is 2.48. The topological polar surface area (TPSA) is 119 Å². The van der Waals surface area contributed by atoms with Gasteiger partial charge in [-0.2, -0.15) is 4.98 Å². The zero-order chi connectivity index (χ0) is 24.4. The predicted molar refractivity (Wildman–Crippen MR) is 125 cm³/mol. The van der Waals surface area contributed by atoms with E-state index in [9.17, 15) is 19.5 Å². The third-order valence-corrected chi connectivity index (χ3v) is 5.10. The fourth-order valence-electron chi connectivity index (χ4n) is 3.40. The molecule has 2 aromatic rings. The van der Waals surface area contributed by atoms with Crippen molar-refractivity contribution >= 4 is 34.6 Å². The smallest absolute Gasteiger partial charge is 0.412 e. The zero-order valence-electron chi connectivity index (χ0n) is 20.0. The van der Waals surface area contributed by atoms with Crippen LogP contribution in [0.4, 0.5) is 16.5 Å². The average Bonchev–Trinajstić information content (AvgIpc) is 2.65. The van der Waals surface area contributed by atoms with Crippen LogP contribution in [-0.2, 0) is 4.79 Å². The summed E-state index contributed by atoms with van der Waals surface area (Å²) in [5.74, 6) is -0.162. The van der Waals surface area contributed by atoms with E-state index >= 15 is 0 Å². The van der Waals surface area contributed by atoms with Gasteiger partial charge in [-0.25, -0.2) is 9.59 Å². The lowest BCUT2D eigenvalue weighted by Gasteiger charge is -2.34. The largest absolute Gasteiger partial charge is 0.465 e. The number of anilines is 2. The number of nitrogens with one attached hydrogen (secondary N) is 1. The van der Waals surface area contributed by atoms with Gasteiger partial charge in [0.25, 0.3) is 6.01 Å². The van der Waals surface area contributed by atoms with Crippen LogP contribution in [0.5, 0.6) is 0 Å².